The van der Waals surface area contributed by atoms with Crippen molar-refractivity contribution < 1.29 is 29.3 Å². The molecule has 3 aromatic rings. The highest BCUT2D eigenvalue weighted by Gasteiger charge is 2.16. The summed E-state index contributed by atoms with van der Waals surface area (Å²) in [5, 5.41) is 19.6. The molecular formula is C31H36N4O6. The first-order chi connectivity index (χ1) is 19.9. The normalized spacial score (nSPS) is 15.9. The van der Waals surface area contributed by atoms with E-state index in [9.17, 15) is 14.4 Å². The number of nitrogens with zero attached hydrogens (tertiary/aromatic N) is 3. The van der Waals surface area contributed by atoms with Crippen molar-refractivity contribution in [3.8, 4) is 11.3 Å². The minimum Gasteiger partial charge on any atom is -0.478 e. The van der Waals surface area contributed by atoms with Crippen LogP contribution in [-0.2, 0) is 20.9 Å². The smallest absolute Gasteiger partial charge is 0.328 e. The maximum Gasteiger partial charge on any atom is 0.328 e. The first kappa shape index (κ1) is 29.9. The number of carbonyl (C=O) groups is 3. The van der Waals surface area contributed by atoms with Gasteiger partial charge in [0.05, 0.1) is 30.0 Å². The Kier molecular flexibility index (Phi) is 10.9. The molecule has 2 aliphatic rings. The van der Waals surface area contributed by atoms with Crippen LogP contribution >= 0.6 is 0 Å². The molecule has 2 aliphatic heterocycles. The molecule has 2 aromatic carbocycles. The molecule has 10 heteroatoms. The summed E-state index contributed by atoms with van der Waals surface area (Å²) < 4.78 is 5.45. The average Bonchev–Trinajstić information content (AvgIpc) is 3.50. The molecule has 10 nitrogen and oxygen atoms in total. The van der Waals surface area contributed by atoms with Crippen LogP contribution < -0.4 is 5.32 Å². The topological polar surface area (TPSA) is 132 Å². The van der Waals surface area contributed by atoms with Crippen LogP contribution in [0.4, 0.5) is 0 Å². The molecule has 2 fully saturated rings. The molecular weight excluding hydrogens is 524 g/mol. The molecule has 0 radical (unpaired) electrons. The van der Waals surface area contributed by atoms with Crippen LogP contribution in [0.2, 0.25) is 0 Å². The third-order valence-corrected chi connectivity index (χ3v) is 7.00. The van der Waals surface area contributed by atoms with Crippen LogP contribution in [0, 0.1) is 0 Å². The third kappa shape index (κ3) is 9.21. The van der Waals surface area contributed by atoms with Gasteiger partial charge in [0, 0.05) is 55.8 Å². The standard InChI is InChI=1S/C27H32N4O2.C4H4O4/c32-27(28-11-14-30-12-3-4-13-30)24-19-26(29-25-6-2-1-5-23(24)25)22-9-7-21(8-10-22)20-31-15-17-33-18-16-31;5-3(6)1-2-4(7)8/h1-2,5-10,19H,3-4,11-18,20H2,(H,28,32);1-2H,(H,5,6)(H,7,8)/b;2-1+. The molecule has 0 bridgehead atoms. The van der Waals surface area contributed by atoms with Gasteiger partial charge in [0.15, 0.2) is 0 Å². The number of aliphatic carboxylic acids is 2. The van der Waals surface area contributed by atoms with Gasteiger partial charge in [-0.3, -0.25) is 9.69 Å². The Labute approximate surface area is 239 Å². The van der Waals surface area contributed by atoms with E-state index in [0.29, 0.717) is 24.3 Å². The van der Waals surface area contributed by atoms with E-state index in [1.807, 2.05) is 30.3 Å². The second kappa shape index (κ2) is 15.0. The summed E-state index contributed by atoms with van der Waals surface area (Å²) in [6, 6.07) is 18.4. The van der Waals surface area contributed by atoms with Crippen LogP contribution in [0.15, 0.2) is 66.7 Å². The molecule has 3 N–H and O–H groups in total. The Morgan fingerprint density at radius 2 is 1.54 bits per heavy atom. The zero-order chi connectivity index (χ0) is 29.0. The number of benzene rings is 2. The monoisotopic (exact) mass is 560 g/mol. The molecule has 1 aromatic heterocycles. The van der Waals surface area contributed by atoms with Crippen molar-refractivity contribution in [1.82, 2.24) is 20.1 Å². The van der Waals surface area contributed by atoms with E-state index >= 15 is 0 Å². The van der Waals surface area contributed by atoms with Gasteiger partial charge < -0.3 is 25.2 Å². The van der Waals surface area contributed by atoms with E-state index < -0.39 is 11.9 Å². The summed E-state index contributed by atoms with van der Waals surface area (Å²) in [4.78, 5) is 41.9. The molecule has 0 saturated carbocycles. The number of carboxylic acid groups (broad SMARTS) is 2. The molecule has 0 unspecified atom stereocenters. The van der Waals surface area contributed by atoms with E-state index in [4.69, 9.17) is 19.9 Å². The highest BCUT2D eigenvalue weighted by atomic mass is 16.5. The average molecular weight is 561 g/mol. The maximum absolute atomic E-state index is 13.1. The summed E-state index contributed by atoms with van der Waals surface area (Å²) in [7, 11) is 0. The zero-order valence-corrected chi connectivity index (χ0v) is 23.0. The fourth-order valence-corrected chi connectivity index (χ4v) is 4.88. The first-order valence-electron chi connectivity index (χ1n) is 13.8. The second-order valence-corrected chi connectivity index (χ2v) is 9.97. The fourth-order valence-electron chi connectivity index (χ4n) is 4.88. The summed E-state index contributed by atoms with van der Waals surface area (Å²) in [5.74, 6) is -2.54. The zero-order valence-electron chi connectivity index (χ0n) is 23.0. The lowest BCUT2D eigenvalue weighted by Gasteiger charge is -2.26. The molecule has 2 saturated heterocycles. The summed E-state index contributed by atoms with van der Waals surface area (Å²) in [6.07, 6.45) is 3.64. The van der Waals surface area contributed by atoms with Gasteiger partial charge in [-0.2, -0.15) is 0 Å². The van der Waals surface area contributed by atoms with Gasteiger partial charge in [0.2, 0.25) is 0 Å². The van der Waals surface area contributed by atoms with Crippen molar-refractivity contribution in [2.75, 3.05) is 52.5 Å². The minimum atomic E-state index is -1.26. The predicted molar refractivity (Wildman–Crippen MR) is 156 cm³/mol. The van der Waals surface area contributed by atoms with Gasteiger partial charge >= 0.3 is 11.9 Å². The van der Waals surface area contributed by atoms with Crippen molar-refractivity contribution in [2.45, 2.75) is 19.4 Å². The molecule has 0 spiro atoms. The molecule has 0 atom stereocenters. The predicted octanol–water partition coefficient (Wildman–Crippen LogP) is 3.27. The lowest BCUT2D eigenvalue weighted by molar-refractivity contribution is -0.134. The van der Waals surface area contributed by atoms with Crippen molar-refractivity contribution in [1.29, 1.82) is 0 Å². The summed E-state index contributed by atoms with van der Waals surface area (Å²) in [6.45, 7) is 8.35. The van der Waals surface area contributed by atoms with Gasteiger partial charge in [-0.15, -0.1) is 0 Å². The van der Waals surface area contributed by atoms with E-state index in [2.05, 4.69) is 39.4 Å². The Bertz CT molecular complexity index is 1350. The number of morpholine rings is 1. The fraction of sp³-hybridized carbons (Fsp3) is 0.355. The van der Waals surface area contributed by atoms with Gasteiger partial charge in [-0.1, -0.05) is 42.5 Å². The van der Waals surface area contributed by atoms with Crippen molar-refractivity contribution >= 4 is 28.7 Å². The molecule has 3 heterocycles. The molecule has 1 amide bonds. The largest absolute Gasteiger partial charge is 0.478 e. The van der Waals surface area contributed by atoms with Crippen LogP contribution in [0.5, 0.6) is 0 Å². The number of aromatic nitrogens is 1. The number of para-hydroxylation sites is 1. The van der Waals surface area contributed by atoms with Crippen LogP contribution in [-0.4, -0.2) is 95.3 Å². The maximum atomic E-state index is 13.1. The Morgan fingerprint density at radius 3 is 2.20 bits per heavy atom. The number of rotatable bonds is 9. The SMILES string of the molecule is O=C(NCCN1CCCC1)c1cc(-c2ccc(CN3CCOCC3)cc2)nc2ccccc12.O=C(O)/C=C/C(=O)O. The Morgan fingerprint density at radius 1 is 0.878 bits per heavy atom. The number of hydrogen-bond donors (Lipinski definition) is 3. The number of hydrogen-bond acceptors (Lipinski definition) is 7. The number of likely N-dealkylation sites (tertiary alicyclic amines) is 1. The van der Waals surface area contributed by atoms with Crippen LogP contribution in [0.25, 0.3) is 22.2 Å². The number of nitrogens with one attached hydrogen (secondary N) is 1. The van der Waals surface area contributed by atoms with Crippen molar-refractivity contribution in [3.63, 3.8) is 0 Å². The Hall–Kier alpha value is -4.12. The van der Waals surface area contributed by atoms with Gasteiger partial charge in [-0.25, -0.2) is 14.6 Å². The Balaban J connectivity index is 0.000000426. The molecule has 0 aliphatic carbocycles. The molecule has 216 valence electrons. The highest BCUT2D eigenvalue weighted by molar-refractivity contribution is 6.07. The second-order valence-electron chi connectivity index (χ2n) is 9.97. The van der Waals surface area contributed by atoms with Crippen LogP contribution in [0.1, 0.15) is 28.8 Å². The van der Waals surface area contributed by atoms with E-state index in [0.717, 1.165) is 74.6 Å². The van der Waals surface area contributed by atoms with Crippen molar-refractivity contribution in [2.24, 2.45) is 0 Å². The number of fused-ring (bicyclic) bond motifs is 1. The van der Waals surface area contributed by atoms with E-state index in [1.165, 1.54) is 18.4 Å². The van der Waals surface area contributed by atoms with E-state index in [-0.39, 0.29) is 5.91 Å². The first-order valence-corrected chi connectivity index (χ1v) is 13.8. The van der Waals surface area contributed by atoms with Gasteiger partial charge in [0.1, 0.15) is 0 Å². The summed E-state index contributed by atoms with van der Waals surface area (Å²) in [5.41, 5.74) is 4.67. The number of carbonyl (C=O) groups excluding carboxylic acids is 1. The quantitative estimate of drug-likeness (QED) is 0.337. The number of carboxylic acids is 2. The minimum absolute atomic E-state index is 0.0296. The summed E-state index contributed by atoms with van der Waals surface area (Å²) >= 11 is 0. The van der Waals surface area contributed by atoms with Crippen LogP contribution in [0.3, 0.4) is 0 Å². The number of ether oxygens (including phenoxy) is 1. The third-order valence-electron chi connectivity index (χ3n) is 7.00. The molecule has 5 rings (SSSR count). The lowest BCUT2D eigenvalue weighted by Crippen LogP contribution is -2.35. The van der Waals surface area contributed by atoms with E-state index in [1.54, 1.807) is 0 Å². The lowest BCUT2D eigenvalue weighted by atomic mass is 10.0. The highest BCUT2D eigenvalue weighted by Crippen LogP contribution is 2.25. The number of pyridine rings is 1. The van der Waals surface area contributed by atoms with Crippen molar-refractivity contribution in [3.05, 3.63) is 77.9 Å². The molecule has 41 heavy (non-hydrogen) atoms. The van der Waals surface area contributed by atoms with Gasteiger partial charge in [0.25, 0.3) is 5.91 Å². The number of amides is 1. The van der Waals surface area contributed by atoms with Gasteiger partial charge in [-0.05, 0) is 43.6 Å².